The monoisotopic (exact) mass is 269 g/mol. The van der Waals surface area contributed by atoms with Crippen LogP contribution in [0.4, 0.5) is 0 Å². The molecular weight excluding hydrogens is 254 g/mol. The van der Waals surface area contributed by atoms with Crippen LogP contribution < -0.4 is 5.48 Å². The largest absolute Gasteiger partial charge is 0.392 e. The Balaban J connectivity index is 2.14. The molecule has 1 amide bonds. The minimum Gasteiger partial charge on any atom is -0.392 e. The zero-order chi connectivity index (χ0) is 14.4. The van der Waals surface area contributed by atoms with E-state index in [1.165, 1.54) is 11.6 Å². The number of aliphatic hydroxyl groups is 1. The van der Waals surface area contributed by atoms with E-state index in [2.05, 4.69) is 0 Å². The Kier molecular flexibility index (Phi) is 4.65. The Morgan fingerprint density at radius 3 is 2.05 bits per heavy atom. The third-order valence-electron chi connectivity index (χ3n) is 2.92. The van der Waals surface area contributed by atoms with Gasteiger partial charge in [0.05, 0.1) is 6.61 Å². The topological polar surface area (TPSA) is 69.6 Å². The number of hydroxylamine groups is 1. The SMILES string of the molecule is O=C(/C=C/c1ccc(-c2ccc(CO)cc2)cc1)NO. The van der Waals surface area contributed by atoms with Crippen LogP contribution in [0.25, 0.3) is 17.2 Å². The molecule has 0 aromatic heterocycles. The minimum atomic E-state index is -0.561. The quantitative estimate of drug-likeness (QED) is 0.453. The predicted molar refractivity (Wildman–Crippen MR) is 76.8 cm³/mol. The Morgan fingerprint density at radius 1 is 1.00 bits per heavy atom. The lowest BCUT2D eigenvalue weighted by Gasteiger charge is -2.03. The van der Waals surface area contributed by atoms with Crippen molar-refractivity contribution in [2.24, 2.45) is 0 Å². The third-order valence-corrected chi connectivity index (χ3v) is 2.92. The minimum absolute atomic E-state index is 0.0386. The Bertz CT molecular complexity index is 601. The van der Waals surface area contributed by atoms with Gasteiger partial charge in [-0.1, -0.05) is 48.5 Å². The Morgan fingerprint density at radius 2 is 1.55 bits per heavy atom. The normalized spacial score (nSPS) is 10.7. The summed E-state index contributed by atoms with van der Waals surface area (Å²) in [5.74, 6) is -0.561. The van der Waals surface area contributed by atoms with Gasteiger partial charge in [0.2, 0.25) is 0 Å². The van der Waals surface area contributed by atoms with E-state index < -0.39 is 5.91 Å². The number of rotatable bonds is 4. The molecule has 0 spiro atoms. The first-order valence-corrected chi connectivity index (χ1v) is 6.15. The highest BCUT2D eigenvalue weighted by molar-refractivity contribution is 5.90. The second-order valence-corrected chi connectivity index (χ2v) is 4.29. The van der Waals surface area contributed by atoms with Crippen LogP contribution >= 0.6 is 0 Å². The molecule has 2 rings (SSSR count). The van der Waals surface area contributed by atoms with E-state index in [0.29, 0.717) is 0 Å². The fraction of sp³-hybridized carbons (Fsp3) is 0.0625. The number of carbonyl (C=O) groups is 1. The molecule has 0 unspecified atom stereocenters. The Labute approximate surface area is 117 Å². The van der Waals surface area contributed by atoms with E-state index in [-0.39, 0.29) is 6.61 Å². The van der Waals surface area contributed by atoms with Crippen molar-refractivity contribution in [3.63, 3.8) is 0 Å². The van der Waals surface area contributed by atoms with Gasteiger partial charge in [-0.2, -0.15) is 0 Å². The summed E-state index contributed by atoms with van der Waals surface area (Å²) in [5, 5.41) is 17.4. The second-order valence-electron chi connectivity index (χ2n) is 4.29. The highest BCUT2D eigenvalue weighted by atomic mass is 16.5. The molecule has 4 nitrogen and oxygen atoms in total. The first-order chi connectivity index (χ1) is 9.72. The maximum Gasteiger partial charge on any atom is 0.267 e. The van der Waals surface area contributed by atoms with Crippen LogP contribution in [0.5, 0.6) is 0 Å². The van der Waals surface area contributed by atoms with Crippen LogP contribution in [0.3, 0.4) is 0 Å². The standard InChI is InChI=1S/C16H15NO3/c18-11-13-3-8-15(9-4-13)14-6-1-12(2-7-14)5-10-16(19)17-20/h1-10,18,20H,11H2,(H,17,19)/b10-5+. The molecule has 0 atom stereocenters. The molecule has 0 radical (unpaired) electrons. The van der Waals surface area contributed by atoms with Crippen molar-refractivity contribution in [2.45, 2.75) is 6.61 Å². The lowest BCUT2D eigenvalue weighted by atomic mass is 10.0. The van der Waals surface area contributed by atoms with Crippen molar-refractivity contribution >= 4 is 12.0 Å². The van der Waals surface area contributed by atoms with Gasteiger partial charge in [0.1, 0.15) is 0 Å². The van der Waals surface area contributed by atoms with Crippen LogP contribution in [0.2, 0.25) is 0 Å². The van der Waals surface area contributed by atoms with Crippen LogP contribution in [-0.4, -0.2) is 16.2 Å². The molecule has 0 aliphatic rings. The molecule has 20 heavy (non-hydrogen) atoms. The molecule has 0 heterocycles. The molecule has 0 bridgehead atoms. The van der Waals surface area contributed by atoms with Crippen molar-refractivity contribution in [3.8, 4) is 11.1 Å². The molecule has 0 aliphatic carbocycles. The van der Waals surface area contributed by atoms with Crippen molar-refractivity contribution in [3.05, 3.63) is 65.7 Å². The summed E-state index contributed by atoms with van der Waals surface area (Å²) >= 11 is 0. The zero-order valence-corrected chi connectivity index (χ0v) is 10.8. The van der Waals surface area contributed by atoms with Gasteiger partial charge in [0, 0.05) is 6.08 Å². The molecule has 2 aromatic carbocycles. The van der Waals surface area contributed by atoms with Gasteiger partial charge in [-0.3, -0.25) is 10.0 Å². The highest BCUT2D eigenvalue weighted by Crippen LogP contribution is 2.20. The molecule has 0 fully saturated rings. The number of amides is 1. The first-order valence-electron chi connectivity index (χ1n) is 6.15. The maximum absolute atomic E-state index is 10.9. The lowest BCUT2D eigenvalue weighted by molar-refractivity contribution is -0.124. The van der Waals surface area contributed by atoms with Crippen molar-refractivity contribution in [2.75, 3.05) is 0 Å². The van der Waals surface area contributed by atoms with E-state index in [1.807, 2.05) is 48.5 Å². The summed E-state index contributed by atoms with van der Waals surface area (Å²) in [6.07, 6.45) is 2.87. The Hall–Kier alpha value is -2.43. The number of carbonyl (C=O) groups excluding carboxylic acids is 1. The molecule has 0 aliphatic heterocycles. The number of aliphatic hydroxyl groups excluding tert-OH is 1. The summed E-state index contributed by atoms with van der Waals surface area (Å²) < 4.78 is 0. The van der Waals surface area contributed by atoms with E-state index in [4.69, 9.17) is 10.3 Å². The summed E-state index contributed by atoms with van der Waals surface area (Å²) in [7, 11) is 0. The summed E-state index contributed by atoms with van der Waals surface area (Å²) in [4.78, 5) is 10.9. The molecule has 4 heteroatoms. The van der Waals surface area contributed by atoms with E-state index in [9.17, 15) is 4.79 Å². The predicted octanol–water partition coefficient (Wildman–Crippen LogP) is 2.36. The van der Waals surface area contributed by atoms with E-state index in [1.54, 1.807) is 6.08 Å². The van der Waals surface area contributed by atoms with Crippen LogP contribution in [-0.2, 0) is 11.4 Å². The van der Waals surface area contributed by atoms with Crippen LogP contribution in [0.1, 0.15) is 11.1 Å². The number of hydrogen-bond donors (Lipinski definition) is 3. The zero-order valence-electron chi connectivity index (χ0n) is 10.8. The molecule has 102 valence electrons. The van der Waals surface area contributed by atoms with E-state index in [0.717, 1.165) is 22.3 Å². The molecule has 2 aromatic rings. The average Bonchev–Trinajstić information content (AvgIpc) is 2.53. The fourth-order valence-corrected chi connectivity index (χ4v) is 1.80. The fourth-order valence-electron chi connectivity index (χ4n) is 1.80. The number of benzene rings is 2. The van der Waals surface area contributed by atoms with Gasteiger partial charge in [0.25, 0.3) is 5.91 Å². The summed E-state index contributed by atoms with van der Waals surface area (Å²) in [6, 6.07) is 15.3. The summed E-state index contributed by atoms with van der Waals surface area (Å²) in [5.41, 5.74) is 5.40. The summed E-state index contributed by atoms with van der Waals surface area (Å²) in [6.45, 7) is 0.0386. The van der Waals surface area contributed by atoms with Gasteiger partial charge in [-0.15, -0.1) is 0 Å². The molecule has 0 saturated heterocycles. The lowest BCUT2D eigenvalue weighted by Crippen LogP contribution is -2.14. The maximum atomic E-state index is 10.9. The molecule has 0 saturated carbocycles. The van der Waals surface area contributed by atoms with Crippen LogP contribution in [0.15, 0.2) is 54.6 Å². The van der Waals surface area contributed by atoms with Gasteiger partial charge >= 0.3 is 0 Å². The van der Waals surface area contributed by atoms with Gasteiger partial charge in [-0.05, 0) is 28.3 Å². The number of nitrogens with one attached hydrogen (secondary N) is 1. The third kappa shape index (κ3) is 3.54. The second kappa shape index (κ2) is 6.65. The molecular formula is C16H15NO3. The van der Waals surface area contributed by atoms with Gasteiger partial charge < -0.3 is 5.11 Å². The van der Waals surface area contributed by atoms with Crippen molar-refractivity contribution < 1.29 is 15.1 Å². The van der Waals surface area contributed by atoms with Gasteiger partial charge in [-0.25, -0.2) is 5.48 Å². The average molecular weight is 269 g/mol. The van der Waals surface area contributed by atoms with E-state index >= 15 is 0 Å². The van der Waals surface area contributed by atoms with Crippen molar-refractivity contribution in [1.82, 2.24) is 5.48 Å². The highest BCUT2D eigenvalue weighted by Gasteiger charge is 1.98. The number of hydrogen-bond acceptors (Lipinski definition) is 3. The van der Waals surface area contributed by atoms with Crippen molar-refractivity contribution in [1.29, 1.82) is 0 Å². The smallest absolute Gasteiger partial charge is 0.267 e. The van der Waals surface area contributed by atoms with Gasteiger partial charge in [0.15, 0.2) is 0 Å². The molecule has 3 N–H and O–H groups in total. The van der Waals surface area contributed by atoms with Crippen LogP contribution in [0, 0.1) is 0 Å². The first kappa shape index (κ1) is 14.0.